The Morgan fingerprint density at radius 1 is 1.39 bits per heavy atom. The van der Waals surface area contributed by atoms with Crippen molar-refractivity contribution in [3.8, 4) is 0 Å². The lowest BCUT2D eigenvalue weighted by atomic mass is 10.1. The zero-order chi connectivity index (χ0) is 12.5. The second-order valence-electron chi connectivity index (χ2n) is 3.99. The molecule has 2 aromatic heterocycles. The first-order valence-corrected chi connectivity index (χ1v) is 6.38. The number of aryl methyl sites for hydroxylation is 1. The van der Waals surface area contributed by atoms with E-state index in [0.29, 0.717) is 10.7 Å². The van der Waals surface area contributed by atoms with Gasteiger partial charge in [0.2, 0.25) is 0 Å². The van der Waals surface area contributed by atoms with Gasteiger partial charge in [-0.05, 0) is 23.6 Å². The summed E-state index contributed by atoms with van der Waals surface area (Å²) in [7, 11) is 1.96. The fourth-order valence-corrected chi connectivity index (χ4v) is 2.38. The molecule has 0 fully saturated rings. The summed E-state index contributed by atoms with van der Waals surface area (Å²) in [5, 5.41) is 6.35. The van der Waals surface area contributed by atoms with Crippen molar-refractivity contribution < 1.29 is 4.79 Å². The van der Waals surface area contributed by atoms with Crippen LogP contribution in [0.1, 0.15) is 10.4 Å². The standard InChI is InChI=1S/C13H11N3OS/c1-16-6-4-9-2-3-10(8-11(9)16)12(17)15-13-14-5-7-18-13/h2-8H,1H3,(H,14,15,17). The zero-order valence-electron chi connectivity index (χ0n) is 9.75. The van der Waals surface area contributed by atoms with E-state index in [9.17, 15) is 4.79 Å². The Hall–Kier alpha value is -2.14. The van der Waals surface area contributed by atoms with Crippen molar-refractivity contribution in [1.29, 1.82) is 0 Å². The van der Waals surface area contributed by atoms with Gasteiger partial charge in [0.1, 0.15) is 0 Å². The number of rotatable bonds is 2. The highest BCUT2D eigenvalue weighted by Gasteiger charge is 2.09. The van der Waals surface area contributed by atoms with Gasteiger partial charge in [-0.25, -0.2) is 4.98 Å². The van der Waals surface area contributed by atoms with Gasteiger partial charge in [-0.1, -0.05) is 6.07 Å². The maximum atomic E-state index is 12.0. The number of thiazole rings is 1. The molecule has 0 aliphatic rings. The van der Waals surface area contributed by atoms with E-state index in [4.69, 9.17) is 0 Å². The second kappa shape index (κ2) is 4.27. The molecular weight excluding hydrogens is 246 g/mol. The van der Waals surface area contributed by atoms with E-state index < -0.39 is 0 Å². The highest BCUT2D eigenvalue weighted by molar-refractivity contribution is 7.13. The van der Waals surface area contributed by atoms with Gasteiger partial charge in [-0.2, -0.15) is 0 Å². The molecule has 3 aromatic rings. The molecule has 0 radical (unpaired) electrons. The van der Waals surface area contributed by atoms with Crippen LogP contribution in [-0.2, 0) is 7.05 Å². The minimum absolute atomic E-state index is 0.131. The molecule has 2 heterocycles. The molecule has 0 unspecified atom stereocenters. The van der Waals surface area contributed by atoms with Gasteiger partial charge < -0.3 is 4.57 Å². The Morgan fingerprint density at radius 3 is 3.06 bits per heavy atom. The molecule has 1 N–H and O–H groups in total. The van der Waals surface area contributed by atoms with Crippen molar-refractivity contribution in [3.63, 3.8) is 0 Å². The number of nitrogens with one attached hydrogen (secondary N) is 1. The van der Waals surface area contributed by atoms with Crippen molar-refractivity contribution in [2.45, 2.75) is 0 Å². The molecule has 1 amide bonds. The summed E-state index contributed by atoms with van der Waals surface area (Å²) in [6.07, 6.45) is 3.65. The number of anilines is 1. The molecule has 0 atom stereocenters. The largest absolute Gasteiger partial charge is 0.351 e. The molecule has 0 bridgehead atoms. The molecule has 0 aliphatic carbocycles. The first-order chi connectivity index (χ1) is 8.74. The fourth-order valence-electron chi connectivity index (χ4n) is 1.86. The van der Waals surface area contributed by atoms with Gasteiger partial charge in [0, 0.05) is 35.9 Å². The molecule has 0 saturated carbocycles. The molecule has 4 nitrogen and oxygen atoms in total. The molecule has 0 saturated heterocycles. The van der Waals surface area contributed by atoms with E-state index in [0.717, 1.165) is 10.9 Å². The van der Waals surface area contributed by atoms with Crippen LogP contribution in [0, 0.1) is 0 Å². The van der Waals surface area contributed by atoms with E-state index in [1.807, 2.05) is 47.5 Å². The highest BCUT2D eigenvalue weighted by atomic mass is 32.1. The summed E-state index contributed by atoms with van der Waals surface area (Å²) >= 11 is 1.41. The number of carbonyl (C=O) groups is 1. The number of aromatic nitrogens is 2. The third-order valence-electron chi connectivity index (χ3n) is 2.80. The molecule has 3 rings (SSSR count). The minimum Gasteiger partial charge on any atom is -0.351 e. The van der Waals surface area contributed by atoms with E-state index in [1.54, 1.807) is 6.20 Å². The van der Waals surface area contributed by atoms with Crippen LogP contribution in [0.4, 0.5) is 5.13 Å². The van der Waals surface area contributed by atoms with E-state index in [2.05, 4.69) is 10.3 Å². The number of carbonyl (C=O) groups excluding carboxylic acids is 1. The van der Waals surface area contributed by atoms with Crippen molar-refractivity contribution in [2.75, 3.05) is 5.32 Å². The summed E-state index contributed by atoms with van der Waals surface area (Å²) in [6.45, 7) is 0. The van der Waals surface area contributed by atoms with Gasteiger partial charge >= 0.3 is 0 Å². The third-order valence-corrected chi connectivity index (χ3v) is 3.49. The lowest BCUT2D eigenvalue weighted by Gasteiger charge is -2.03. The lowest BCUT2D eigenvalue weighted by Crippen LogP contribution is -2.11. The number of amides is 1. The highest BCUT2D eigenvalue weighted by Crippen LogP contribution is 2.18. The van der Waals surface area contributed by atoms with E-state index >= 15 is 0 Å². The molecule has 1 aromatic carbocycles. The van der Waals surface area contributed by atoms with Crippen LogP contribution in [-0.4, -0.2) is 15.5 Å². The Morgan fingerprint density at radius 2 is 2.28 bits per heavy atom. The first kappa shape index (κ1) is 11.0. The Bertz CT molecular complexity index is 700. The van der Waals surface area contributed by atoms with Crippen LogP contribution in [0.5, 0.6) is 0 Å². The summed E-state index contributed by atoms with van der Waals surface area (Å²) in [4.78, 5) is 16.1. The zero-order valence-corrected chi connectivity index (χ0v) is 10.6. The van der Waals surface area contributed by atoms with Gasteiger partial charge in [0.15, 0.2) is 5.13 Å². The smallest absolute Gasteiger partial charge is 0.257 e. The van der Waals surface area contributed by atoms with Gasteiger partial charge in [0.25, 0.3) is 5.91 Å². The Kier molecular flexibility index (Phi) is 2.60. The average molecular weight is 257 g/mol. The molecule has 5 heteroatoms. The van der Waals surface area contributed by atoms with Crippen LogP contribution in [0.3, 0.4) is 0 Å². The Labute approximate surface area is 108 Å². The molecule has 18 heavy (non-hydrogen) atoms. The molecule has 0 aliphatic heterocycles. The second-order valence-corrected chi connectivity index (χ2v) is 4.89. The summed E-state index contributed by atoms with van der Waals surface area (Å²) in [5.74, 6) is -0.131. The Balaban J connectivity index is 1.93. The SMILES string of the molecule is Cn1ccc2ccc(C(=O)Nc3nccs3)cc21. The van der Waals surface area contributed by atoms with Crippen LogP contribution in [0.2, 0.25) is 0 Å². The van der Waals surface area contributed by atoms with Crippen molar-refractivity contribution in [1.82, 2.24) is 9.55 Å². The summed E-state index contributed by atoms with van der Waals surface area (Å²) in [5.41, 5.74) is 1.68. The average Bonchev–Trinajstić information content (AvgIpc) is 3.00. The van der Waals surface area contributed by atoms with Gasteiger partial charge in [-0.3, -0.25) is 10.1 Å². The van der Waals surface area contributed by atoms with Crippen molar-refractivity contribution in [2.24, 2.45) is 7.05 Å². The van der Waals surface area contributed by atoms with Crippen LogP contribution < -0.4 is 5.32 Å². The normalized spacial score (nSPS) is 10.7. The number of benzene rings is 1. The number of fused-ring (bicyclic) bond motifs is 1. The first-order valence-electron chi connectivity index (χ1n) is 5.50. The van der Waals surface area contributed by atoms with Crippen molar-refractivity contribution >= 4 is 33.3 Å². The van der Waals surface area contributed by atoms with Crippen LogP contribution in [0.15, 0.2) is 42.0 Å². The van der Waals surface area contributed by atoms with E-state index in [-0.39, 0.29) is 5.91 Å². The molecular formula is C13H11N3OS. The molecule has 90 valence electrons. The number of nitrogens with zero attached hydrogens (tertiary/aromatic N) is 2. The van der Waals surface area contributed by atoms with Gasteiger partial charge in [0.05, 0.1) is 0 Å². The summed E-state index contributed by atoms with van der Waals surface area (Å²) < 4.78 is 2.00. The maximum Gasteiger partial charge on any atom is 0.257 e. The topological polar surface area (TPSA) is 46.9 Å². The molecule has 0 spiro atoms. The maximum absolute atomic E-state index is 12.0. The number of hydrogen-bond acceptors (Lipinski definition) is 3. The van der Waals surface area contributed by atoms with Crippen molar-refractivity contribution in [3.05, 3.63) is 47.6 Å². The van der Waals surface area contributed by atoms with Gasteiger partial charge in [-0.15, -0.1) is 11.3 Å². The van der Waals surface area contributed by atoms with Crippen LogP contribution in [0.25, 0.3) is 10.9 Å². The quantitative estimate of drug-likeness (QED) is 0.767. The lowest BCUT2D eigenvalue weighted by molar-refractivity contribution is 0.102. The third kappa shape index (κ3) is 1.89. The predicted octanol–water partition coefficient (Wildman–Crippen LogP) is 2.89. The van der Waals surface area contributed by atoms with Crippen LogP contribution >= 0.6 is 11.3 Å². The fraction of sp³-hybridized carbons (Fsp3) is 0.0769. The monoisotopic (exact) mass is 257 g/mol. The predicted molar refractivity (Wildman–Crippen MR) is 73.0 cm³/mol. The number of hydrogen-bond donors (Lipinski definition) is 1. The summed E-state index contributed by atoms with van der Waals surface area (Å²) in [6, 6.07) is 7.69. The minimum atomic E-state index is -0.131. The van der Waals surface area contributed by atoms with E-state index in [1.165, 1.54) is 11.3 Å².